The van der Waals surface area contributed by atoms with Gasteiger partial charge in [-0.25, -0.2) is 13.6 Å². The molecule has 0 amide bonds. The van der Waals surface area contributed by atoms with Crippen molar-refractivity contribution in [3.05, 3.63) is 118 Å². The molecule has 3 aromatic carbocycles. The van der Waals surface area contributed by atoms with Crippen LogP contribution in [-0.2, 0) is 0 Å². The molecule has 0 radical (unpaired) electrons. The molecular weight excluding hydrogens is 502 g/mol. The van der Waals surface area contributed by atoms with Crippen LogP contribution in [0, 0.1) is 18.6 Å². The smallest absolute Gasteiger partial charge is 0.449 e. The highest BCUT2D eigenvalue weighted by molar-refractivity contribution is 6.30. The lowest BCUT2D eigenvalue weighted by Crippen LogP contribution is -2.12. The number of rotatable bonds is 7. The number of oxime groups is 1. The zero-order chi connectivity index (χ0) is 26.5. The highest BCUT2D eigenvalue weighted by Gasteiger charge is 2.22. The largest absolute Gasteiger partial charge is 0.511 e. The minimum absolute atomic E-state index is 0.174. The molecule has 0 aliphatic carbocycles. The first-order valence-electron chi connectivity index (χ1n) is 11.1. The Bertz CT molecular complexity index is 1480. The molecule has 1 aromatic heterocycles. The Balaban J connectivity index is 1.70. The van der Waals surface area contributed by atoms with Crippen molar-refractivity contribution in [2.24, 2.45) is 5.16 Å². The van der Waals surface area contributed by atoms with Crippen LogP contribution in [0.3, 0.4) is 0 Å². The second-order valence-electron chi connectivity index (χ2n) is 8.29. The van der Waals surface area contributed by atoms with Gasteiger partial charge in [0.15, 0.2) is 11.6 Å². The van der Waals surface area contributed by atoms with E-state index in [9.17, 15) is 14.4 Å². The predicted molar refractivity (Wildman–Crippen MR) is 136 cm³/mol. The van der Waals surface area contributed by atoms with E-state index in [1.165, 1.54) is 24.3 Å². The summed E-state index contributed by atoms with van der Waals surface area (Å²) in [6, 6.07) is 18.9. The molecule has 188 valence electrons. The van der Waals surface area contributed by atoms with Gasteiger partial charge in [-0.05, 0) is 65.6 Å². The summed E-state index contributed by atoms with van der Waals surface area (Å²) >= 11 is 5.97. The number of carbonyl (C=O) groups is 1. The van der Waals surface area contributed by atoms with Crippen LogP contribution in [0.2, 0.25) is 5.02 Å². The van der Waals surface area contributed by atoms with Crippen molar-refractivity contribution in [1.82, 2.24) is 4.98 Å². The normalized spacial score (nSPS) is 12.3. The van der Waals surface area contributed by atoms with Crippen LogP contribution >= 0.6 is 11.6 Å². The zero-order valence-corrected chi connectivity index (χ0v) is 20.3. The molecule has 2 N–H and O–H groups in total. The minimum atomic E-state index is -1.61. The molecule has 9 heteroatoms. The Hall–Kier alpha value is -4.30. The summed E-state index contributed by atoms with van der Waals surface area (Å²) in [5.41, 5.74) is 3.99. The number of ether oxygens (including phenoxy) is 1. The number of carboxylic acid groups (broad SMARTS) is 1. The zero-order valence-electron chi connectivity index (χ0n) is 19.5. The van der Waals surface area contributed by atoms with Gasteiger partial charge in [-0.15, -0.1) is 0 Å². The van der Waals surface area contributed by atoms with Gasteiger partial charge in [-0.2, -0.15) is 0 Å². The highest BCUT2D eigenvalue weighted by atomic mass is 35.5. The van der Waals surface area contributed by atoms with E-state index in [-0.39, 0.29) is 11.4 Å². The quantitative estimate of drug-likeness (QED) is 0.0864. The summed E-state index contributed by atoms with van der Waals surface area (Å²) in [5.74, 6) is -2.25. The average molecular weight is 523 g/mol. The fourth-order valence-corrected chi connectivity index (χ4v) is 4.25. The molecule has 0 spiro atoms. The first-order chi connectivity index (χ1) is 17.7. The third-order valence-corrected chi connectivity index (χ3v) is 6.10. The van der Waals surface area contributed by atoms with Gasteiger partial charge >= 0.3 is 6.16 Å². The standard InChI is InChI=1S/C28H21ClF2N2O4/c1-16-12-20(10-11-32-16)26(33-36)15-23(22-8-7-21(29)14-24(22)30)18-4-2-17(3-5-18)19-6-9-27(25(31)13-19)37-28(34)35/h2-14,23,36H,15H2,1H3,(H,34,35)/b33-26+/t23-/m1/s1. The Kier molecular flexibility index (Phi) is 7.79. The van der Waals surface area contributed by atoms with Crippen molar-refractivity contribution in [3.8, 4) is 16.9 Å². The summed E-state index contributed by atoms with van der Waals surface area (Å²) in [6.07, 6.45) is 0.173. The number of halogens is 3. The monoisotopic (exact) mass is 522 g/mol. The molecule has 1 heterocycles. The first kappa shape index (κ1) is 25.8. The molecule has 4 aromatic rings. The van der Waals surface area contributed by atoms with Crippen molar-refractivity contribution in [2.75, 3.05) is 0 Å². The highest BCUT2D eigenvalue weighted by Crippen LogP contribution is 2.34. The van der Waals surface area contributed by atoms with Crippen LogP contribution in [-0.4, -0.2) is 27.2 Å². The number of nitrogens with zero attached hydrogens (tertiary/aromatic N) is 2. The second kappa shape index (κ2) is 11.2. The Morgan fingerprint density at radius 1 is 1.00 bits per heavy atom. The molecule has 0 aliphatic rings. The van der Waals surface area contributed by atoms with Gasteiger partial charge in [0, 0.05) is 34.8 Å². The Morgan fingerprint density at radius 2 is 1.73 bits per heavy atom. The van der Waals surface area contributed by atoms with Crippen LogP contribution in [0.5, 0.6) is 5.75 Å². The lowest BCUT2D eigenvalue weighted by atomic mass is 9.84. The predicted octanol–water partition coefficient (Wildman–Crippen LogP) is 7.45. The van der Waals surface area contributed by atoms with Gasteiger partial charge in [-0.3, -0.25) is 4.98 Å². The number of hydrogen-bond donors (Lipinski definition) is 2. The molecule has 1 atom stereocenters. The van der Waals surface area contributed by atoms with Crippen molar-refractivity contribution < 1.29 is 28.6 Å². The summed E-state index contributed by atoms with van der Waals surface area (Å²) in [4.78, 5) is 14.9. The van der Waals surface area contributed by atoms with E-state index in [4.69, 9.17) is 16.7 Å². The van der Waals surface area contributed by atoms with E-state index in [1.54, 1.807) is 54.7 Å². The second-order valence-corrected chi connectivity index (χ2v) is 8.73. The number of hydrogen-bond acceptors (Lipinski definition) is 5. The van der Waals surface area contributed by atoms with Crippen molar-refractivity contribution in [2.45, 2.75) is 19.3 Å². The molecule has 0 saturated heterocycles. The van der Waals surface area contributed by atoms with Crippen LogP contribution in [0.15, 0.2) is 84.1 Å². The molecule has 6 nitrogen and oxygen atoms in total. The van der Waals surface area contributed by atoms with Gasteiger partial charge in [-0.1, -0.05) is 53.2 Å². The molecule has 0 unspecified atom stereocenters. The number of pyridine rings is 1. The summed E-state index contributed by atoms with van der Waals surface area (Å²) < 4.78 is 33.7. The van der Waals surface area contributed by atoms with Gasteiger partial charge < -0.3 is 15.1 Å². The third-order valence-electron chi connectivity index (χ3n) is 5.86. The van der Waals surface area contributed by atoms with E-state index < -0.39 is 29.5 Å². The van der Waals surface area contributed by atoms with E-state index in [1.807, 2.05) is 6.92 Å². The molecule has 0 aliphatic heterocycles. The summed E-state index contributed by atoms with van der Waals surface area (Å²) in [7, 11) is 0. The minimum Gasteiger partial charge on any atom is -0.449 e. The first-order valence-corrected chi connectivity index (χ1v) is 11.5. The van der Waals surface area contributed by atoms with Crippen molar-refractivity contribution >= 4 is 23.5 Å². The van der Waals surface area contributed by atoms with Crippen LogP contribution < -0.4 is 4.74 Å². The topological polar surface area (TPSA) is 92.0 Å². The van der Waals surface area contributed by atoms with Crippen LogP contribution in [0.1, 0.15) is 34.7 Å². The van der Waals surface area contributed by atoms with E-state index in [2.05, 4.69) is 14.9 Å². The molecular formula is C28H21ClF2N2O4. The fraction of sp³-hybridized carbons (Fsp3) is 0.107. The van der Waals surface area contributed by atoms with E-state index in [0.29, 0.717) is 28.0 Å². The molecule has 0 fully saturated rings. The fourth-order valence-electron chi connectivity index (χ4n) is 4.09. The van der Waals surface area contributed by atoms with E-state index >= 15 is 4.39 Å². The Labute approximate surface area is 216 Å². The number of aromatic nitrogens is 1. The lowest BCUT2D eigenvalue weighted by molar-refractivity contribution is 0.142. The van der Waals surface area contributed by atoms with Gasteiger partial charge in [0.25, 0.3) is 0 Å². The maximum absolute atomic E-state index is 15.0. The van der Waals surface area contributed by atoms with Gasteiger partial charge in [0.1, 0.15) is 5.82 Å². The third kappa shape index (κ3) is 6.10. The Morgan fingerprint density at radius 3 is 2.35 bits per heavy atom. The molecule has 0 bridgehead atoms. The van der Waals surface area contributed by atoms with Crippen LogP contribution in [0.25, 0.3) is 11.1 Å². The number of benzene rings is 3. The van der Waals surface area contributed by atoms with Crippen molar-refractivity contribution in [1.29, 1.82) is 0 Å². The summed E-state index contributed by atoms with van der Waals surface area (Å²) in [5, 5.41) is 22.2. The maximum atomic E-state index is 15.0. The average Bonchev–Trinajstić information content (AvgIpc) is 2.86. The van der Waals surface area contributed by atoms with E-state index in [0.717, 1.165) is 11.3 Å². The summed E-state index contributed by atoms with van der Waals surface area (Å²) in [6.45, 7) is 1.82. The maximum Gasteiger partial charge on any atom is 0.511 e. The molecule has 0 saturated carbocycles. The number of aryl methyl sites for hydroxylation is 1. The molecule has 37 heavy (non-hydrogen) atoms. The SMILES string of the molecule is Cc1cc(/C(C[C@H](c2ccc(-c3ccc(OC(=O)O)c(F)c3)cc2)c2ccc(Cl)cc2F)=N/O)ccn1. The lowest BCUT2D eigenvalue weighted by Gasteiger charge is -2.20. The van der Waals surface area contributed by atoms with Gasteiger partial charge in [0.05, 0.1) is 5.71 Å². The van der Waals surface area contributed by atoms with Gasteiger partial charge in [0.2, 0.25) is 0 Å². The van der Waals surface area contributed by atoms with Crippen molar-refractivity contribution in [3.63, 3.8) is 0 Å². The van der Waals surface area contributed by atoms with Crippen LogP contribution in [0.4, 0.5) is 13.6 Å². The molecule has 4 rings (SSSR count).